The predicted octanol–water partition coefficient (Wildman–Crippen LogP) is 2.36. The van der Waals surface area contributed by atoms with Gasteiger partial charge in [0.05, 0.1) is 17.3 Å². The average Bonchev–Trinajstić information content (AvgIpc) is 2.76. The number of aliphatic carboxylic acids is 1. The number of benzene rings is 1. The number of carbonyl (C=O) groups is 2. The molecule has 1 atom stereocenters. The lowest BCUT2D eigenvalue weighted by molar-refractivity contribution is -0.149. The SMILES string of the molecule is CC1(C(=O)O)CCCN1CC(=O)Nc1ccc(F)cc1Cl. The number of carboxylic acid groups (broad SMARTS) is 1. The van der Waals surface area contributed by atoms with Gasteiger partial charge in [-0.1, -0.05) is 11.6 Å². The summed E-state index contributed by atoms with van der Waals surface area (Å²) in [6.45, 7) is 2.12. The number of halogens is 2. The fourth-order valence-electron chi connectivity index (χ4n) is 2.47. The molecular weight excluding hydrogens is 299 g/mol. The molecule has 1 saturated heterocycles. The highest BCUT2D eigenvalue weighted by atomic mass is 35.5. The fraction of sp³-hybridized carbons (Fsp3) is 0.429. The number of hydrogen-bond donors (Lipinski definition) is 2. The van der Waals surface area contributed by atoms with Crippen molar-refractivity contribution in [2.24, 2.45) is 0 Å². The van der Waals surface area contributed by atoms with Crippen LogP contribution in [0.2, 0.25) is 5.02 Å². The molecule has 7 heteroatoms. The van der Waals surface area contributed by atoms with Crippen molar-refractivity contribution in [2.45, 2.75) is 25.3 Å². The van der Waals surface area contributed by atoms with E-state index in [-0.39, 0.29) is 17.5 Å². The number of anilines is 1. The van der Waals surface area contributed by atoms with E-state index >= 15 is 0 Å². The third-order valence-electron chi connectivity index (χ3n) is 3.79. The van der Waals surface area contributed by atoms with E-state index in [0.717, 1.165) is 12.5 Å². The Bertz CT molecular complexity index is 581. The number of hydrogen-bond acceptors (Lipinski definition) is 3. The molecule has 0 bridgehead atoms. The average molecular weight is 315 g/mol. The van der Waals surface area contributed by atoms with E-state index in [0.29, 0.717) is 18.7 Å². The van der Waals surface area contributed by atoms with Gasteiger partial charge in [0, 0.05) is 0 Å². The van der Waals surface area contributed by atoms with Crippen LogP contribution in [0, 0.1) is 5.82 Å². The molecular formula is C14H16ClFN2O3. The zero-order valence-corrected chi connectivity index (χ0v) is 12.3. The largest absolute Gasteiger partial charge is 0.480 e. The van der Waals surface area contributed by atoms with Gasteiger partial charge in [0.15, 0.2) is 0 Å². The Balaban J connectivity index is 2.03. The summed E-state index contributed by atoms with van der Waals surface area (Å²) in [5.74, 6) is -1.80. The maximum absolute atomic E-state index is 12.9. The van der Waals surface area contributed by atoms with Crippen LogP contribution in [0.1, 0.15) is 19.8 Å². The third kappa shape index (κ3) is 3.33. The summed E-state index contributed by atoms with van der Waals surface area (Å²) in [6, 6.07) is 3.67. The van der Waals surface area contributed by atoms with Crippen LogP contribution in [0.4, 0.5) is 10.1 Å². The molecule has 1 unspecified atom stereocenters. The molecule has 0 saturated carbocycles. The molecule has 21 heavy (non-hydrogen) atoms. The summed E-state index contributed by atoms with van der Waals surface area (Å²) in [5.41, 5.74) is -0.719. The van der Waals surface area contributed by atoms with Crippen molar-refractivity contribution in [3.05, 3.63) is 29.0 Å². The van der Waals surface area contributed by atoms with E-state index in [2.05, 4.69) is 5.32 Å². The number of nitrogens with zero attached hydrogens (tertiary/aromatic N) is 1. The molecule has 0 spiro atoms. The van der Waals surface area contributed by atoms with Gasteiger partial charge in [-0.3, -0.25) is 14.5 Å². The summed E-state index contributed by atoms with van der Waals surface area (Å²) in [6.07, 6.45) is 1.24. The van der Waals surface area contributed by atoms with Crippen LogP contribution >= 0.6 is 11.6 Å². The minimum Gasteiger partial charge on any atom is -0.480 e. The smallest absolute Gasteiger partial charge is 0.323 e. The highest BCUT2D eigenvalue weighted by molar-refractivity contribution is 6.33. The van der Waals surface area contributed by atoms with Gasteiger partial charge in [-0.05, 0) is 44.5 Å². The van der Waals surface area contributed by atoms with Crippen LogP contribution in [0.15, 0.2) is 18.2 Å². The molecule has 0 aliphatic carbocycles. The molecule has 1 heterocycles. The lowest BCUT2D eigenvalue weighted by Crippen LogP contribution is -2.50. The lowest BCUT2D eigenvalue weighted by Gasteiger charge is -2.30. The van der Waals surface area contributed by atoms with Crippen molar-refractivity contribution in [1.29, 1.82) is 0 Å². The molecule has 114 valence electrons. The standard InChI is InChI=1S/C14H16ClFN2O3/c1-14(13(20)21)5-2-6-18(14)8-12(19)17-11-4-3-9(16)7-10(11)15/h3-4,7H,2,5-6,8H2,1H3,(H,17,19)(H,20,21). The number of nitrogens with one attached hydrogen (secondary N) is 1. The summed E-state index contributed by atoms with van der Waals surface area (Å²) in [5, 5.41) is 12.0. The molecule has 5 nitrogen and oxygen atoms in total. The number of rotatable bonds is 4. The van der Waals surface area contributed by atoms with E-state index in [9.17, 15) is 19.1 Å². The molecule has 2 rings (SSSR count). The topological polar surface area (TPSA) is 69.6 Å². The van der Waals surface area contributed by atoms with E-state index < -0.39 is 17.3 Å². The Morgan fingerprint density at radius 1 is 1.52 bits per heavy atom. The summed E-state index contributed by atoms with van der Waals surface area (Å²) >= 11 is 5.83. The first-order valence-corrected chi connectivity index (χ1v) is 6.94. The van der Waals surface area contributed by atoms with E-state index in [1.54, 1.807) is 11.8 Å². The van der Waals surface area contributed by atoms with Crippen molar-refractivity contribution < 1.29 is 19.1 Å². The van der Waals surface area contributed by atoms with Crippen LogP contribution in [0.5, 0.6) is 0 Å². The van der Waals surface area contributed by atoms with Crippen LogP contribution < -0.4 is 5.32 Å². The van der Waals surface area contributed by atoms with E-state index in [1.807, 2.05) is 0 Å². The van der Waals surface area contributed by atoms with Gasteiger partial charge in [0.2, 0.25) is 5.91 Å². The Labute approximate surface area is 126 Å². The van der Waals surface area contributed by atoms with Crippen molar-refractivity contribution >= 4 is 29.2 Å². The minimum atomic E-state index is -1.02. The zero-order chi connectivity index (χ0) is 15.6. The first-order chi connectivity index (χ1) is 9.83. The maximum Gasteiger partial charge on any atom is 0.323 e. The van der Waals surface area contributed by atoms with Gasteiger partial charge in [0.25, 0.3) is 0 Å². The van der Waals surface area contributed by atoms with Gasteiger partial charge < -0.3 is 10.4 Å². The molecule has 1 aromatic carbocycles. The molecule has 0 aromatic heterocycles. The highest BCUT2D eigenvalue weighted by Crippen LogP contribution is 2.29. The quantitative estimate of drug-likeness (QED) is 0.895. The Kier molecular flexibility index (Phi) is 4.49. The van der Waals surface area contributed by atoms with Crippen LogP contribution in [0.25, 0.3) is 0 Å². The van der Waals surface area contributed by atoms with Crippen LogP contribution in [-0.2, 0) is 9.59 Å². The molecule has 1 fully saturated rings. The highest BCUT2D eigenvalue weighted by Gasteiger charge is 2.43. The van der Waals surface area contributed by atoms with Gasteiger partial charge in [-0.2, -0.15) is 0 Å². The van der Waals surface area contributed by atoms with Crippen LogP contribution in [-0.4, -0.2) is 40.5 Å². The fourth-order valence-corrected chi connectivity index (χ4v) is 2.68. The van der Waals surface area contributed by atoms with E-state index in [4.69, 9.17) is 11.6 Å². The second-order valence-electron chi connectivity index (χ2n) is 5.28. The summed E-state index contributed by atoms with van der Waals surface area (Å²) in [7, 11) is 0. The normalized spacial score (nSPS) is 22.2. The molecule has 0 radical (unpaired) electrons. The van der Waals surface area contributed by atoms with Crippen molar-refractivity contribution in [1.82, 2.24) is 4.90 Å². The van der Waals surface area contributed by atoms with Gasteiger partial charge in [0.1, 0.15) is 11.4 Å². The number of carbonyl (C=O) groups excluding carboxylic acids is 1. The van der Waals surface area contributed by atoms with E-state index in [1.165, 1.54) is 12.1 Å². The van der Waals surface area contributed by atoms with Crippen molar-refractivity contribution in [3.8, 4) is 0 Å². The minimum absolute atomic E-state index is 0.0451. The van der Waals surface area contributed by atoms with Crippen molar-refractivity contribution in [3.63, 3.8) is 0 Å². The maximum atomic E-state index is 12.9. The first-order valence-electron chi connectivity index (χ1n) is 6.56. The zero-order valence-electron chi connectivity index (χ0n) is 11.5. The Morgan fingerprint density at radius 2 is 2.24 bits per heavy atom. The lowest BCUT2D eigenvalue weighted by atomic mass is 9.99. The molecule has 2 N–H and O–H groups in total. The second-order valence-corrected chi connectivity index (χ2v) is 5.68. The Morgan fingerprint density at radius 3 is 2.86 bits per heavy atom. The summed E-state index contributed by atoms with van der Waals surface area (Å²) in [4.78, 5) is 25.0. The molecule has 1 aromatic rings. The van der Waals surface area contributed by atoms with Gasteiger partial charge in [-0.15, -0.1) is 0 Å². The number of likely N-dealkylation sites (tertiary alicyclic amines) is 1. The monoisotopic (exact) mass is 314 g/mol. The third-order valence-corrected chi connectivity index (χ3v) is 4.10. The predicted molar refractivity (Wildman–Crippen MR) is 76.9 cm³/mol. The number of amides is 1. The van der Waals surface area contributed by atoms with Crippen LogP contribution in [0.3, 0.4) is 0 Å². The van der Waals surface area contributed by atoms with Gasteiger partial charge >= 0.3 is 5.97 Å². The first kappa shape index (κ1) is 15.7. The number of carboxylic acids is 1. The Hall–Kier alpha value is -1.66. The molecule has 1 amide bonds. The molecule has 1 aliphatic rings. The molecule has 1 aliphatic heterocycles. The summed E-state index contributed by atoms with van der Waals surface area (Å²) < 4.78 is 12.9. The second kappa shape index (κ2) is 5.99. The van der Waals surface area contributed by atoms with Gasteiger partial charge in [-0.25, -0.2) is 4.39 Å². The van der Waals surface area contributed by atoms with Crippen molar-refractivity contribution in [2.75, 3.05) is 18.4 Å².